The van der Waals surface area contributed by atoms with Gasteiger partial charge in [-0.3, -0.25) is 4.79 Å². The van der Waals surface area contributed by atoms with Gasteiger partial charge in [0.2, 0.25) is 0 Å². The molecule has 112 valence electrons. The first-order valence-corrected chi connectivity index (χ1v) is 6.78. The second-order valence-electron chi connectivity index (χ2n) is 4.97. The van der Waals surface area contributed by atoms with E-state index in [0.717, 1.165) is 0 Å². The van der Waals surface area contributed by atoms with Crippen LogP contribution in [0.1, 0.15) is 11.4 Å². The second kappa shape index (κ2) is 5.93. The van der Waals surface area contributed by atoms with Gasteiger partial charge in [-0.05, 0) is 30.3 Å². The molecule has 0 spiro atoms. The van der Waals surface area contributed by atoms with Crippen molar-refractivity contribution in [3.63, 3.8) is 0 Å². The molecule has 1 aliphatic heterocycles. The van der Waals surface area contributed by atoms with Crippen molar-refractivity contribution in [2.75, 3.05) is 13.7 Å². The van der Waals surface area contributed by atoms with E-state index in [-0.39, 0.29) is 18.3 Å². The van der Waals surface area contributed by atoms with Crippen LogP contribution in [0.25, 0.3) is 6.08 Å². The van der Waals surface area contributed by atoms with Gasteiger partial charge in [0.05, 0.1) is 12.1 Å². The van der Waals surface area contributed by atoms with E-state index in [9.17, 15) is 9.18 Å². The average molecular weight is 299 g/mol. The highest BCUT2D eigenvalue weighted by atomic mass is 19.1. The van der Waals surface area contributed by atoms with Crippen LogP contribution in [0.4, 0.5) is 4.39 Å². The molecule has 0 bridgehead atoms. The Kier molecular flexibility index (Phi) is 3.82. The van der Waals surface area contributed by atoms with Crippen LogP contribution in [-0.4, -0.2) is 34.4 Å². The van der Waals surface area contributed by atoms with Gasteiger partial charge in [-0.2, -0.15) is 0 Å². The van der Waals surface area contributed by atoms with Crippen LogP contribution in [-0.2, 0) is 11.3 Å². The molecule has 0 fully saturated rings. The van der Waals surface area contributed by atoms with Gasteiger partial charge in [0.1, 0.15) is 24.0 Å². The van der Waals surface area contributed by atoms with Crippen molar-refractivity contribution >= 4 is 12.0 Å². The van der Waals surface area contributed by atoms with E-state index in [1.807, 2.05) is 0 Å². The van der Waals surface area contributed by atoms with Crippen molar-refractivity contribution in [2.24, 2.45) is 0 Å². The molecule has 0 saturated heterocycles. The zero-order valence-electron chi connectivity index (χ0n) is 12.0. The normalized spacial score (nSPS) is 12.9. The Balaban J connectivity index is 1.78. The third-order valence-electron chi connectivity index (χ3n) is 3.30. The maximum absolute atomic E-state index is 13.3. The molecule has 0 atom stereocenters. The fourth-order valence-electron chi connectivity index (χ4n) is 2.21. The van der Waals surface area contributed by atoms with E-state index < -0.39 is 0 Å². The van der Waals surface area contributed by atoms with Gasteiger partial charge in [0.15, 0.2) is 0 Å². The number of amides is 1. The number of rotatable bonds is 3. The molecule has 0 radical (unpaired) electrons. The number of carbonyl (C=O) groups is 1. The standard InChI is InChI=1S/C16H14FN3O2/c1-20(9-15-18-5-2-6-19-15)16(21)12-7-11-8-13(17)3-4-14(11)22-10-12/h2-8H,9-10H2,1H3. The number of hydrogen-bond acceptors (Lipinski definition) is 4. The predicted molar refractivity (Wildman–Crippen MR) is 78.4 cm³/mol. The van der Waals surface area contributed by atoms with Gasteiger partial charge in [0, 0.05) is 25.0 Å². The summed E-state index contributed by atoms with van der Waals surface area (Å²) in [4.78, 5) is 22.1. The van der Waals surface area contributed by atoms with Crippen LogP contribution in [0.15, 0.2) is 42.2 Å². The molecule has 3 rings (SSSR count). The number of likely N-dealkylation sites (N-methyl/N-ethyl adjacent to an activating group) is 1. The van der Waals surface area contributed by atoms with Gasteiger partial charge in [-0.15, -0.1) is 0 Å². The number of aromatic nitrogens is 2. The number of carbonyl (C=O) groups excluding carboxylic acids is 1. The number of nitrogens with zero attached hydrogens (tertiary/aromatic N) is 3. The molecule has 5 nitrogen and oxygen atoms in total. The molecule has 2 heterocycles. The van der Waals surface area contributed by atoms with Crippen molar-refractivity contribution < 1.29 is 13.9 Å². The Bertz CT molecular complexity index is 731. The Morgan fingerprint density at radius 2 is 2.14 bits per heavy atom. The van der Waals surface area contributed by atoms with E-state index in [2.05, 4.69) is 9.97 Å². The van der Waals surface area contributed by atoms with Crippen molar-refractivity contribution in [1.82, 2.24) is 14.9 Å². The summed E-state index contributed by atoms with van der Waals surface area (Å²) >= 11 is 0. The summed E-state index contributed by atoms with van der Waals surface area (Å²) in [6, 6.07) is 5.96. The average Bonchev–Trinajstić information content (AvgIpc) is 2.54. The van der Waals surface area contributed by atoms with E-state index in [1.165, 1.54) is 17.0 Å². The number of fused-ring (bicyclic) bond motifs is 1. The summed E-state index contributed by atoms with van der Waals surface area (Å²) in [6.45, 7) is 0.463. The molecular weight excluding hydrogens is 285 g/mol. The zero-order valence-corrected chi connectivity index (χ0v) is 12.0. The highest BCUT2D eigenvalue weighted by molar-refractivity contribution is 5.98. The van der Waals surface area contributed by atoms with Crippen LogP contribution in [0, 0.1) is 5.82 Å². The van der Waals surface area contributed by atoms with Crippen molar-refractivity contribution in [1.29, 1.82) is 0 Å². The Morgan fingerprint density at radius 1 is 1.36 bits per heavy atom. The first-order chi connectivity index (χ1) is 10.6. The van der Waals surface area contributed by atoms with Gasteiger partial charge >= 0.3 is 0 Å². The lowest BCUT2D eigenvalue weighted by Gasteiger charge is -2.22. The van der Waals surface area contributed by atoms with Crippen molar-refractivity contribution in [2.45, 2.75) is 6.54 Å². The first-order valence-electron chi connectivity index (χ1n) is 6.78. The molecular formula is C16H14FN3O2. The van der Waals surface area contributed by atoms with Crippen molar-refractivity contribution in [3.8, 4) is 5.75 Å². The topological polar surface area (TPSA) is 55.3 Å². The minimum absolute atomic E-state index is 0.164. The fourth-order valence-corrected chi connectivity index (χ4v) is 2.21. The molecule has 22 heavy (non-hydrogen) atoms. The van der Waals surface area contributed by atoms with Crippen molar-refractivity contribution in [3.05, 3.63) is 59.4 Å². The summed E-state index contributed by atoms with van der Waals surface area (Å²) in [7, 11) is 1.67. The largest absolute Gasteiger partial charge is 0.488 e. The molecule has 0 aliphatic carbocycles. The molecule has 6 heteroatoms. The quantitative estimate of drug-likeness (QED) is 0.870. The summed E-state index contributed by atoms with van der Waals surface area (Å²) in [5, 5.41) is 0. The van der Waals surface area contributed by atoms with Crippen LogP contribution >= 0.6 is 0 Å². The number of halogens is 1. The zero-order chi connectivity index (χ0) is 15.5. The summed E-state index contributed by atoms with van der Waals surface area (Å²) < 4.78 is 18.8. The first kappa shape index (κ1) is 14.2. The smallest absolute Gasteiger partial charge is 0.253 e. The van der Waals surface area contributed by atoms with Crippen LogP contribution in [0.5, 0.6) is 5.75 Å². The highest BCUT2D eigenvalue weighted by Crippen LogP contribution is 2.27. The predicted octanol–water partition coefficient (Wildman–Crippen LogP) is 2.05. The number of benzene rings is 1. The lowest BCUT2D eigenvalue weighted by Crippen LogP contribution is -2.31. The minimum atomic E-state index is -0.363. The Labute approximate surface area is 127 Å². The van der Waals surface area contributed by atoms with Gasteiger partial charge < -0.3 is 9.64 Å². The molecule has 1 aromatic heterocycles. The minimum Gasteiger partial charge on any atom is -0.488 e. The monoisotopic (exact) mass is 299 g/mol. The number of ether oxygens (including phenoxy) is 1. The molecule has 0 saturated carbocycles. The van der Waals surface area contributed by atoms with E-state index >= 15 is 0 Å². The SMILES string of the molecule is CN(Cc1ncccn1)C(=O)C1=Cc2cc(F)ccc2OC1. The maximum atomic E-state index is 13.3. The van der Waals surface area contributed by atoms with E-state index in [0.29, 0.717) is 29.3 Å². The van der Waals surface area contributed by atoms with Gasteiger partial charge in [-0.1, -0.05) is 0 Å². The lowest BCUT2D eigenvalue weighted by atomic mass is 10.1. The number of hydrogen-bond donors (Lipinski definition) is 0. The molecule has 0 N–H and O–H groups in total. The van der Waals surface area contributed by atoms with Gasteiger partial charge in [-0.25, -0.2) is 14.4 Å². The van der Waals surface area contributed by atoms with Crippen LogP contribution < -0.4 is 4.74 Å². The lowest BCUT2D eigenvalue weighted by molar-refractivity contribution is -0.126. The molecule has 1 aliphatic rings. The summed E-state index contributed by atoms with van der Waals surface area (Å²) in [5.41, 5.74) is 1.04. The fraction of sp³-hybridized carbons (Fsp3) is 0.188. The van der Waals surface area contributed by atoms with Crippen LogP contribution in [0.3, 0.4) is 0 Å². The van der Waals surface area contributed by atoms with Crippen LogP contribution in [0.2, 0.25) is 0 Å². The molecule has 1 amide bonds. The highest BCUT2D eigenvalue weighted by Gasteiger charge is 2.21. The third-order valence-corrected chi connectivity index (χ3v) is 3.30. The summed E-state index contributed by atoms with van der Waals surface area (Å²) in [5.74, 6) is 0.579. The summed E-state index contributed by atoms with van der Waals surface area (Å²) in [6.07, 6.45) is 4.91. The Morgan fingerprint density at radius 3 is 2.91 bits per heavy atom. The Hall–Kier alpha value is -2.76. The second-order valence-corrected chi connectivity index (χ2v) is 4.97. The van der Waals surface area contributed by atoms with E-state index in [4.69, 9.17) is 4.74 Å². The maximum Gasteiger partial charge on any atom is 0.253 e. The van der Waals surface area contributed by atoms with E-state index in [1.54, 1.807) is 37.7 Å². The molecule has 2 aromatic rings. The molecule has 0 unspecified atom stereocenters. The third kappa shape index (κ3) is 2.95. The van der Waals surface area contributed by atoms with Gasteiger partial charge in [0.25, 0.3) is 5.91 Å². The molecule has 1 aromatic carbocycles.